The fourth-order valence-electron chi connectivity index (χ4n) is 3.51. The maximum atomic E-state index is 12.9. The zero-order chi connectivity index (χ0) is 15.5. The Labute approximate surface area is 133 Å². The molecule has 4 atom stereocenters. The van der Waals surface area contributed by atoms with Crippen molar-refractivity contribution in [3.8, 4) is 6.07 Å². The Morgan fingerprint density at radius 3 is 2.77 bits per heavy atom. The summed E-state index contributed by atoms with van der Waals surface area (Å²) in [6.45, 7) is 0.0637. The SMILES string of the molecule is N#CCNC(=O)C1C2C=CC(C2)C1CSc1ccc(F)cc1. The molecule has 1 fully saturated rings. The third-order valence-corrected chi connectivity index (χ3v) is 5.68. The van der Waals surface area contributed by atoms with Gasteiger partial charge in [-0.05, 0) is 48.4 Å². The lowest BCUT2D eigenvalue weighted by atomic mass is 9.83. The average Bonchev–Trinajstić information content (AvgIpc) is 3.13. The summed E-state index contributed by atoms with van der Waals surface area (Å²) < 4.78 is 12.9. The van der Waals surface area contributed by atoms with E-state index >= 15 is 0 Å². The number of nitriles is 1. The molecule has 0 radical (unpaired) electrons. The minimum atomic E-state index is -0.235. The maximum absolute atomic E-state index is 12.9. The van der Waals surface area contributed by atoms with E-state index in [1.807, 2.05) is 6.07 Å². The molecule has 3 nitrogen and oxygen atoms in total. The minimum absolute atomic E-state index is 0.0110. The fraction of sp³-hybridized carbons (Fsp3) is 0.412. The minimum Gasteiger partial charge on any atom is -0.343 e. The van der Waals surface area contributed by atoms with Crippen LogP contribution < -0.4 is 5.32 Å². The van der Waals surface area contributed by atoms with Gasteiger partial charge in [0.05, 0.1) is 6.07 Å². The first-order valence-corrected chi connectivity index (χ1v) is 8.39. The molecule has 4 unspecified atom stereocenters. The molecule has 22 heavy (non-hydrogen) atoms. The van der Waals surface area contributed by atoms with Crippen LogP contribution in [-0.4, -0.2) is 18.2 Å². The van der Waals surface area contributed by atoms with Crippen LogP contribution in [0.3, 0.4) is 0 Å². The quantitative estimate of drug-likeness (QED) is 0.516. The van der Waals surface area contributed by atoms with Gasteiger partial charge in [-0.2, -0.15) is 5.26 Å². The summed E-state index contributed by atoms with van der Waals surface area (Å²) in [4.78, 5) is 13.3. The van der Waals surface area contributed by atoms with E-state index in [4.69, 9.17) is 5.26 Å². The highest BCUT2D eigenvalue weighted by Crippen LogP contribution is 2.49. The van der Waals surface area contributed by atoms with Gasteiger partial charge in [0.15, 0.2) is 0 Å². The van der Waals surface area contributed by atoms with E-state index < -0.39 is 0 Å². The van der Waals surface area contributed by atoms with Gasteiger partial charge in [0.1, 0.15) is 12.4 Å². The number of carbonyl (C=O) groups excluding carboxylic acids is 1. The molecule has 0 saturated heterocycles. The van der Waals surface area contributed by atoms with Crippen molar-refractivity contribution in [1.29, 1.82) is 5.26 Å². The first-order chi connectivity index (χ1) is 10.7. The van der Waals surface area contributed by atoms with Gasteiger partial charge < -0.3 is 5.32 Å². The van der Waals surface area contributed by atoms with Crippen LogP contribution in [0.25, 0.3) is 0 Å². The number of nitrogens with zero attached hydrogens (tertiary/aromatic N) is 1. The molecule has 0 aliphatic heterocycles. The van der Waals surface area contributed by atoms with Crippen molar-refractivity contribution in [2.75, 3.05) is 12.3 Å². The molecule has 0 heterocycles. The highest BCUT2D eigenvalue weighted by atomic mass is 32.2. The van der Waals surface area contributed by atoms with Crippen LogP contribution in [0.4, 0.5) is 4.39 Å². The maximum Gasteiger partial charge on any atom is 0.224 e. The number of amides is 1. The Morgan fingerprint density at radius 1 is 1.32 bits per heavy atom. The number of halogens is 1. The van der Waals surface area contributed by atoms with E-state index in [1.54, 1.807) is 23.9 Å². The van der Waals surface area contributed by atoms with Crippen LogP contribution in [-0.2, 0) is 4.79 Å². The standard InChI is InChI=1S/C17H17FN2OS/c18-13-3-5-14(6-4-13)22-10-15-11-1-2-12(9-11)16(15)17(21)20-8-7-19/h1-6,11-12,15-16H,8-10H2,(H,20,21). The second kappa shape index (κ2) is 6.53. The molecule has 0 aromatic heterocycles. The van der Waals surface area contributed by atoms with Crippen molar-refractivity contribution in [1.82, 2.24) is 5.32 Å². The van der Waals surface area contributed by atoms with Gasteiger partial charge in [-0.3, -0.25) is 4.79 Å². The number of nitrogens with one attached hydrogen (secondary N) is 1. The Morgan fingerprint density at radius 2 is 2.05 bits per heavy atom. The summed E-state index contributed by atoms with van der Waals surface area (Å²) in [6, 6.07) is 8.41. The Kier molecular flexibility index (Phi) is 4.49. The molecule has 1 amide bonds. The topological polar surface area (TPSA) is 52.9 Å². The summed E-state index contributed by atoms with van der Waals surface area (Å²) in [5, 5.41) is 11.3. The number of fused-ring (bicyclic) bond motifs is 2. The average molecular weight is 316 g/mol. The number of rotatable bonds is 5. The van der Waals surface area contributed by atoms with E-state index in [0.29, 0.717) is 11.8 Å². The van der Waals surface area contributed by atoms with E-state index in [0.717, 1.165) is 17.1 Å². The predicted octanol–water partition coefficient (Wildman–Crippen LogP) is 3.00. The zero-order valence-electron chi connectivity index (χ0n) is 12.0. The highest BCUT2D eigenvalue weighted by molar-refractivity contribution is 7.99. The van der Waals surface area contributed by atoms with Crippen LogP contribution in [0.15, 0.2) is 41.3 Å². The lowest BCUT2D eigenvalue weighted by Gasteiger charge is -2.26. The van der Waals surface area contributed by atoms with Crippen molar-refractivity contribution in [2.45, 2.75) is 11.3 Å². The molecular formula is C17H17FN2OS. The molecule has 5 heteroatoms. The second-order valence-electron chi connectivity index (χ2n) is 5.78. The fourth-order valence-corrected chi connectivity index (χ4v) is 4.68. The molecular weight excluding hydrogens is 299 g/mol. The van der Waals surface area contributed by atoms with Crippen LogP contribution in [0.1, 0.15) is 6.42 Å². The second-order valence-corrected chi connectivity index (χ2v) is 6.87. The molecule has 2 bridgehead atoms. The van der Waals surface area contributed by atoms with E-state index in [9.17, 15) is 9.18 Å². The number of benzene rings is 1. The Bertz CT molecular complexity index is 623. The number of thioether (sulfide) groups is 1. The molecule has 114 valence electrons. The molecule has 1 N–H and O–H groups in total. The van der Waals surface area contributed by atoms with Crippen LogP contribution in [0.5, 0.6) is 0 Å². The first kappa shape index (κ1) is 15.1. The highest BCUT2D eigenvalue weighted by Gasteiger charge is 2.47. The number of hydrogen-bond donors (Lipinski definition) is 1. The van der Waals surface area contributed by atoms with E-state index in [-0.39, 0.29) is 30.1 Å². The summed E-state index contributed by atoms with van der Waals surface area (Å²) >= 11 is 1.67. The molecule has 1 aromatic carbocycles. The largest absolute Gasteiger partial charge is 0.343 e. The Balaban J connectivity index is 1.65. The van der Waals surface area contributed by atoms with Crippen molar-refractivity contribution in [2.24, 2.45) is 23.7 Å². The molecule has 2 aliphatic rings. The van der Waals surface area contributed by atoms with E-state index in [1.165, 1.54) is 12.1 Å². The molecule has 0 spiro atoms. The smallest absolute Gasteiger partial charge is 0.224 e. The third kappa shape index (κ3) is 3.02. The zero-order valence-corrected chi connectivity index (χ0v) is 12.9. The lowest BCUT2D eigenvalue weighted by molar-refractivity contribution is -0.126. The Hall–Kier alpha value is -1.80. The van der Waals surface area contributed by atoms with Gasteiger partial charge >= 0.3 is 0 Å². The summed E-state index contributed by atoms with van der Waals surface area (Å²) in [5.41, 5.74) is 0. The number of hydrogen-bond acceptors (Lipinski definition) is 3. The normalized spacial score (nSPS) is 28.5. The predicted molar refractivity (Wildman–Crippen MR) is 83.5 cm³/mol. The van der Waals surface area contributed by atoms with Crippen molar-refractivity contribution in [3.05, 3.63) is 42.2 Å². The monoisotopic (exact) mass is 316 g/mol. The number of allylic oxidation sites excluding steroid dienone is 2. The van der Waals surface area contributed by atoms with Crippen molar-refractivity contribution in [3.63, 3.8) is 0 Å². The molecule has 1 saturated carbocycles. The lowest BCUT2D eigenvalue weighted by Crippen LogP contribution is -2.38. The van der Waals surface area contributed by atoms with Gasteiger partial charge in [-0.15, -0.1) is 11.8 Å². The van der Waals surface area contributed by atoms with Gasteiger partial charge in [0.2, 0.25) is 5.91 Å². The van der Waals surface area contributed by atoms with E-state index in [2.05, 4.69) is 17.5 Å². The molecule has 3 rings (SSSR count). The first-order valence-electron chi connectivity index (χ1n) is 7.40. The van der Waals surface area contributed by atoms with Crippen LogP contribution in [0, 0.1) is 40.8 Å². The van der Waals surface area contributed by atoms with Gasteiger partial charge in [-0.1, -0.05) is 12.2 Å². The van der Waals surface area contributed by atoms with Gasteiger partial charge in [0, 0.05) is 16.6 Å². The third-order valence-electron chi connectivity index (χ3n) is 4.52. The summed E-state index contributed by atoms with van der Waals surface area (Å²) in [5.74, 6) is 1.56. The van der Waals surface area contributed by atoms with Gasteiger partial charge in [0.25, 0.3) is 0 Å². The molecule has 2 aliphatic carbocycles. The molecule has 1 aromatic rings. The van der Waals surface area contributed by atoms with Crippen LogP contribution in [0.2, 0.25) is 0 Å². The van der Waals surface area contributed by atoms with Crippen molar-refractivity contribution < 1.29 is 9.18 Å². The van der Waals surface area contributed by atoms with Gasteiger partial charge in [-0.25, -0.2) is 4.39 Å². The van der Waals surface area contributed by atoms with Crippen molar-refractivity contribution >= 4 is 17.7 Å². The summed E-state index contributed by atoms with van der Waals surface area (Å²) in [7, 11) is 0. The van der Waals surface area contributed by atoms with Crippen LogP contribution >= 0.6 is 11.8 Å². The number of carbonyl (C=O) groups is 1. The summed E-state index contributed by atoms with van der Waals surface area (Å²) in [6.07, 6.45) is 5.38.